The van der Waals surface area contributed by atoms with E-state index in [1.807, 2.05) is 26.8 Å². The van der Waals surface area contributed by atoms with Crippen LogP contribution in [0.15, 0.2) is 30.0 Å². The summed E-state index contributed by atoms with van der Waals surface area (Å²) < 4.78 is 24.1. The molecule has 10 nitrogen and oxygen atoms in total. The first-order chi connectivity index (χ1) is 18.4. The summed E-state index contributed by atoms with van der Waals surface area (Å²) in [5, 5.41) is 32.4. The highest BCUT2D eigenvalue weighted by Gasteiger charge is 2.61. The van der Waals surface area contributed by atoms with E-state index in [0.29, 0.717) is 18.5 Å². The Morgan fingerprint density at radius 2 is 1.92 bits per heavy atom. The number of hydrogen-bond donors (Lipinski definition) is 4. The third-order valence-electron chi connectivity index (χ3n) is 9.09. The number of methoxy groups -OCH3 is 1. The lowest BCUT2D eigenvalue weighted by Crippen LogP contribution is -2.51. The number of carbonyl (C=O) groups is 2. The molecule has 4 rings (SSSR count). The second-order valence-electron chi connectivity index (χ2n) is 11.7. The van der Waals surface area contributed by atoms with Gasteiger partial charge >= 0.3 is 11.9 Å². The largest absolute Gasteiger partial charge is 0.457 e. The number of hydrogen-bond acceptors (Lipinski definition) is 9. The molecule has 218 valence electrons. The number of nitrogens with one attached hydrogen (secondary N) is 1. The van der Waals surface area contributed by atoms with Crippen LogP contribution in [0, 0.1) is 23.7 Å². The van der Waals surface area contributed by atoms with Gasteiger partial charge in [-0.3, -0.25) is 0 Å². The van der Waals surface area contributed by atoms with E-state index in [4.69, 9.17) is 18.9 Å². The Hall–Kier alpha value is -2.24. The monoisotopic (exact) mass is 549 g/mol. The fraction of sp³-hybridized carbons (Fsp3) is 0.724. The van der Waals surface area contributed by atoms with Crippen LogP contribution in [-0.4, -0.2) is 87.7 Å². The van der Waals surface area contributed by atoms with Crippen LogP contribution < -0.4 is 0 Å². The Labute approximate surface area is 229 Å². The van der Waals surface area contributed by atoms with Gasteiger partial charge in [-0.2, -0.15) is 0 Å². The van der Waals surface area contributed by atoms with Crippen LogP contribution in [0.4, 0.5) is 0 Å². The lowest BCUT2D eigenvalue weighted by atomic mass is 9.64. The maximum atomic E-state index is 13.1. The predicted octanol–water partition coefficient (Wildman–Crippen LogP) is 2.38. The zero-order valence-electron chi connectivity index (χ0n) is 23.6. The Kier molecular flexibility index (Phi) is 8.92. The first-order valence-corrected chi connectivity index (χ1v) is 13.9. The van der Waals surface area contributed by atoms with Gasteiger partial charge in [0.25, 0.3) is 0 Å². The summed E-state index contributed by atoms with van der Waals surface area (Å²) in [6.45, 7) is 8.84. The second-order valence-corrected chi connectivity index (χ2v) is 11.7. The average molecular weight is 550 g/mol. The van der Waals surface area contributed by atoms with Crippen molar-refractivity contribution in [2.75, 3.05) is 7.11 Å². The molecular weight excluding hydrogens is 506 g/mol. The van der Waals surface area contributed by atoms with Crippen molar-refractivity contribution in [2.24, 2.45) is 23.7 Å². The minimum absolute atomic E-state index is 0.154. The summed E-state index contributed by atoms with van der Waals surface area (Å²) >= 11 is 0. The number of aliphatic hydroxyl groups is 3. The van der Waals surface area contributed by atoms with Crippen molar-refractivity contribution in [3.05, 3.63) is 35.7 Å². The van der Waals surface area contributed by atoms with Crippen LogP contribution in [0.5, 0.6) is 0 Å². The van der Waals surface area contributed by atoms with Crippen molar-refractivity contribution in [1.29, 1.82) is 0 Å². The molecule has 0 radical (unpaired) electrons. The summed E-state index contributed by atoms with van der Waals surface area (Å²) in [6.07, 6.45) is -0.989. The van der Waals surface area contributed by atoms with E-state index in [1.54, 1.807) is 32.2 Å². The number of esters is 2. The van der Waals surface area contributed by atoms with E-state index in [9.17, 15) is 24.9 Å². The average Bonchev–Trinajstić information content (AvgIpc) is 3.52. The van der Waals surface area contributed by atoms with Gasteiger partial charge in [0, 0.05) is 31.1 Å². The van der Waals surface area contributed by atoms with E-state index in [0.717, 1.165) is 5.57 Å². The van der Waals surface area contributed by atoms with Gasteiger partial charge in [-0.05, 0) is 63.7 Å². The first-order valence-electron chi connectivity index (χ1n) is 13.9. The molecule has 1 aliphatic carbocycles. The third-order valence-corrected chi connectivity index (χ3v) is 9.09. The molecule has 1 aromatic heterocycles. The summed E-state index contributed by atoms with van der Waals surface area (Å²) in [6, 6.07) is 3.33. The van der Waals surface area contributed by atoms with Crippen LogP contribution in [0.25, 0.3) is 0 Å². The van der Waals surface area contributed by atoms with Crippen LogP contribution in [0.3, 0.4) is 0 Å². The zero-order valence-corrected chi connectivity index (χ0v) is 23.6. The van der Waals surface area contributed by atoms with Crippen LogP contribution in [0.2, 0.25) is 0 Å². The summed E-state index contributed by atoms with van der Waals surface area (Å²) in [5.41, 5.74) is 0.182. The standard InChI is InChI=1S/C29H43NO9/c1-14-10-15(2)29-13-19(11-22(33)20(29)12-23(36-6)28(35)37-24(14)18(5)32)26(39-29)25(16(3)17(4)31)38-27(34)21-8-7-9-30-21/h7-10,14,16-20,22-26,30-33H,11-13H2,1-6H3/b15-10+/t14-,16-,17+,18-,19-,20+,22-,23+,24+,25-,26-,29+/m1/s1. The molecule has 12 atom stereocenters. The molecule has 0 amide bonds. The number of carbonyl (C=O) groups excluding carboxylic acids is 2. The highest BCUT2D eigenvalue weighted by molar-refractivity contribution is 5.87. The lowest BCUT2D eigenvalue weighted by molar-refractivity contribution is -0.175. The van der Waals surface area contributed by atoms with Crippen molar-refractivity contribution in [3.63, 3.8) is 0 Å². The van der Waals surface area contributed by atoms with E-state index in [-0.39, 0.29) is 18.3 Å². The minimum atomic E-state index is -0.964. The minimum Gasteiger partial charge on any atom is -0.457 e. The maximum Gasteiger partial charge on any atom is 0.355 e. The summed E-state index contributed by atoms with van der Waals surface area (Å²) in [7, 11) is 1.42. The molecule has 3 heterocycles. The van der Waals surface area contributed by atoms with Gasteiger partial charge in [0.15, 0.2) is 6.10 Å². The van der Waals surface area contributed by atoms with Gasteiger partial charge < -0.3 is 39.3 Å². The smallest absolute Gasteiger partial charge is 0.355 e. The summed E-state index contributed by atoms with van der Waals surface area (Å²) in [5.74, 6) is -2.61. The first kappa shape index (κ1) is 29.7. The van der Waals surface area contributed by atoms with E-state index in [1.165, 1.54) is 7.11 Å². The molecule has 1 aromatic rings. The fourth-order valence-corrected chi connectivity index (χ4v) is 6.76. The Morgan fingerprint density at radius 1 is 1.21 bits per heavy atom. The van der Waals surface area contributed by atoms with E-state index in [2.05, 4.69) is 4.98 Å². The molecule has 2 aliphatic heterocycles. The molecule has 3 aliphatic rings. The molecular formula is C29H43NO9. The highest BCUT2D eigenvalue weighted by atomic mass is 16.6. The SMILES string of the molecule is CO[C@H]1C[C@H]2[C@H](O)C[C@@H]3C[C@]2(O[C@H]3[C@H](OC(=O)c2ccc[nH]2)[C@H](C)[C@H](C)O)/C(C)=C/[C@@H](C)[C@@H]([C@@H](C)O)OC1=O. The number of cyclic esters (lactones) is 1. The number of aromatic nitrogens is 1. The van der Waals surface area contributed by atoms with E-state index < -0.39 is 72.1 Å². The van der Waals surface area contributed by atoms with Gasteiger partial charge in [-0.25, -0.2) is 9.59 Å². The lowest BCUT2D eigenvalue weighted by Gasteiger charge is -2.45. The van der Waals surface area contributed by atoms with Crippen LogP contribution >= 0.6 is 0 Å². The molecule has 1 spiro atoms. The molecule has 39 heavy (non-hydrogen) atoms. The van der Waals surface area contributed by atoms with Gasteiger partial charge in [-0.15, -0.1) is 0 Å². The molecule has 10 heteroatoms. The number of ether oxygens (including phenoxy) is 4. The fourth-order valence-electron chi connectivity index (χ4n) is 6.76. The molecule has 0 unspecified atom stereocenters. The van der Waals surface area contributed by atoms with Gasteiger partial charge in [0.2, 0.25) is 0 Å². The van der Waals surface area contributed by atoms with Crippen LogP contribution in [-0.2, 0) is 23.7 Å². The molecule has 1 saturated heterocycles. The number of H-pyrrole nitrogens is 1. The molecule has 0 aromatic carbocycles. The Morgan fingerprint density at radius 3 is 2.51 bits per heavy atom. The van der Waals surface area contributed by atoms with E-state index >= 15 is 0 Å². The number of aromatic amines is 1. The molecule has 1 saturated carbocycles. The number of aliphatic hydroxyl groups excluding tert-OH is 3. The van der Waals surface area contributed by atoms with Crippen molar-refractivity contribution >= 4 is 11.9 Å². The van der Waals surface area contributed by atoms with Gasteiger partial charge in [-0.1, -0.05) is 19.9 Å². The van der Waals surface area contributed by atoms with Gasteiger partial charge in [0.1, 0.15) is 17.9 Å². The highest BCUT2D eigenvalue weighted by Crippen LogP contribution is 2.56. The molecule has 4 N–H and O–H groups in total. The molecule has 2 bridgehead atoms. The van der Waals surface area contributed by atoms with Crippen molar-refractivity contribution in [2.45, 2.75) is 102 Å². The number of rotatable bonds is 7. The summed E-state index contributed by atoms with van der Waals surface area (Å²) in [4.78, 5) is 28.9. The Bertz CT molecular complexity index is 1040. The third kappa shape index (κ3) is 5.67. The predicted molar refractivity (Wildman–Crippen MR) is 141 cm³/mol. The Balaban J connectivity index is 1.76. The van der Waals surface area contributed by atoms with Gasteiger partial charge in [0.05, 0.1) is 30.0 Å². The zero-order chi connectivity index (χ0) is 28.6. The van der Waals surface area contributed by atoms with Crippen molar-refractivity contribution < 1.29 is 43.9 Å². The van der Waals surface area contributed by atoms with Crippen molar-refractivity contribution in [3.8, 4) is 0 Å². The van der Waals surface area contributed by atoms with Crippen molar-refractivity contribution in [1.82, 2.24) is 4.98 Å². The maximum absolute atomic E-state index is 13.1. The topological polar surface area (TPSA) is 148 Å². The molecule has 2 fully saturated rings. The quantitative estimate of drug-likeness (QED) is 0.297. The second kappa shape index (κ2) is 11.7. The normalized spacial score (nSPS) is 39.4. The van der Waals surface area contributed by atoms with Crippen LogP contribution in [0.1, 0.15) is 64.4 Å². The number of fused-ring (bicyclic) bond motifs is 1.